The molecule has 1 saturated heterocycles. The minimum Gasteiger partial charge on any atom is -0.466 e. The number of para-hydroxylation sites is 1. The number of hydrogen-bond donors (Lipinski definition) is 0. The Kier molecular flexibility index (Phi) is 4.62. The van der Waals surface area contributed by atoms with Crippen LogP contribution in [0.4, 0.5) is 5.69 Å². The summed E-state index contributed by atoms with van der Waals surface area (Å²) in [6.45, 7) is 8.44. The minimum absolute atomic E-state index is 0.0907. The van der Waals surface area contributed by atoms with Crippen LogP contribution < -0.4 is 4.90 Å². The molecule has 0 spiro atoms. The van der Waals surface area contributed by atoms with E-state index in [9.17, 15) is 14.4 Å². The van der Waals surface area contributed by atoms with Crippen LogP contribution in [0.3, 0.4) is 0 Å². The normalized spacial score (nSPS) is 23.5. The number of piperidine rings is 1. The molecule has 1 aromatic rings. The largest absolute Gasteiger partial charge is 0.466 e. The number of esters is 1. The molecular weight excluding hydrogens is 356 g/mol. The Labute approximate surface area is 165 Å². The van der Waals surface area contributed by atoms with Gasteiger partial charge in [-0.3, -0.25) is 24.2 Å². The summed E-state index contributed by atoms with van der Waals surface area (Å²) in [5, 5.41) is 0. The number of hydrogen-bond acceptors (Lipinski definition) is 5. The Bertz CT molecular complexity index is 887. The lowest BCUT2D eigenvalue weighted by atomic mass is 9.87. The molecule has 1 fully saturated rings. The second kappa shape index (κ2) is 6.85. The number of Topliss-reactive ketones (excluding diaryl/α,β-unsaturated/α-hetero) is 1. The van der Waals surface area contributed by atoms with E-state index in [0.29, 0.717) is 25.3 Å². The third-order valence-corrected chi connectivity index (χ3v) is 5.87. The van der Waals surface area contributed by atoms with Gasteiger partial charge in [0.2, 0.25) is 0 Å². The molecule has 0 saturated carbocycles. The van der Waals surface area contributed by atoms with Crippen LogP contribution in [0.2, 0.25) is 0 Å². The van der Waals surface area contributed by atoms with Crippen LogP contribution in [0, 0.1) is 5.92 Å². The number of amides is 1. The lowest BCUT2D eigenvalue weighted by Gasteiger charge is -2.40. The Morgan fingerprint density at radius 2 is 2.00 bits per heavy atom. The summed E-state index contributed by atoms with van der Waals surface area (Å²) in [5.41, 5.74) is 2.69. The van der Waals surface area contributed by atoms with Crippen LogP contribution in [0.15, 0.2) is 24.3 Å². The molecule has 4 rings (SSSR count). The van der Waals surface area contributed by atoms with E-state index >= 15 is 0 Å². The van der Waals surface area contributed by atoms with Crippen LogP contribution in [-0.4, -0.2) is 54.3 Å². The zero-order valence-electron chi connectivity index (χ0n) is 16.7. The van der Waals surface area contributed by atoms with Crippen LogP contribution in [0.25, 0.3) is 5.57 Å². The number of nitrogens with zero attached hydrogens (tertiary/aromatic N) is 2. The third-order valence-electron chi connectivity index (χ3n) is 5.87. The summed E-state index contributed by atoms with van der Waals surface area (Å²) >= 11 is 0. The molecule has 1 amide bonds. The summed E-state index contributed by atoms with van der Waals surface area (Å²) < 4.78 is 5.21. The average Bonchev–Trinajstić information content (AvgIpc) is 2.92. The number of benzene rings is 1. The number of ether oxygens (including phenoxy) is 1. The van der Waals surface area contributed by atoms with E-state index in [0.717, 1.165) is 36.2 Å². The molecule has 0 radical (unpaired) electrons. The van der Waals surface area contributed by atoms with E-state index in [1.54, 1.807) is 11.0 Å². The first-order chi connectivity index (χ1) is 13.3. The molecule has 3 heterocycles. The lowest BCUT2D eigenvalue weighted by Crippen LogP contribution is -2.48. The molecule has 1 aromatic carbocycles. The van der Waals surface area contributed by atoms with Crippen molar-refractivity contribution < 1.29 is 19.1 Å². The second-order valence-corrected chi connectivity index (χ2v) is 8.32. The van der Waals surface area contributed by atoms with E-state index in [1.807, 2.05) is 32.9 Å². The Hall–Kier alpha value is -2.47. The molecule has 3 aliphatic heterocycles. The molecule has 0 aliphatic carbocycles. The maximum Gasteiger partial charge on any atom is 0.310 e. The SMILES string of the molecule is CCOC(=O)C1CCCN(CC2=CC(C)(C)N3C(=O)C(=O)c4cccc2c43)C1. The molecule has 0 aromatic heterocycles. The van der Waals surface area contributed by atoms with Crippen molar-refractivity contribution in [2.24, 2.45) is 5.92 Å². The fourth-order valence-electron chi connectivity index (χ4n) is 4.69. The molecule has 6 heteroatoms. The van der Waals surface area contributed by atoms with Gasteiger partial charge in [-0.15, -0.1) is 0 Å². The fraction of sp³-hybridized carbons (Fsp3) is 0.500. The van der Waals surface area contributed by atoms with Crippen LogP contribution in [0.5, 0.6) is 0 Å². The predicted octanol–water partition coefficient (Wildman–Crippen LogP) is 2.67. The predicted molar refractivity (Wildman–Crippen MR) is 106 cm³/mol. The smallest absolute Gasteiger partial charge is 0.310 e. The first-order valence-electron chi connectivity index (χ1n) is 9.96. The van der Waals surface area contributed by atoms with Crippen molar-refractivity contribution >= 4 is 28.9 Å². The van der Waals surface area contributed by atoms with Gasteiger partial charge in [-0.2, -0.15) is 0 Å². The van der Waals surface area contributed by atoms with Gasteiger partial charge in [-0.05, 0) is 51.8 Å². The van der Waals surface area contributed by atoms with Gasteiger partial charge in [0.1, 0.15) is 0 Å². The van der Waals surface area contributed by atoms with Gasteiger partial charge in [0.25, 0.3) is 11.7 Å². The topological polar surface area (TPSA) is 66.9 Å². The molecule has 1 unspecified atom stereocenters. The van der Waals surface area contributed by atoms with Gasteiger partial charge >= 0.3 is 5.97 Å². The number of rotatable bonds is 4. The highest BCUT2D eigenvalue weighted by atomic mass is 16.5. The van der Waals surface area contributed by atoms with Crippen molar-refractivity contribution in [1.82, 2.24) is 4.90 Å². The molecule has 3 aliphatic rings. The molecule has 28 heavy (non-hydrogen) atoms. The third kappa shape index (κ3) is 2.96. The maximum absolute atomic E-state index is 12.6. The molecular formula is C22H26N2O4. The van der Waals surface area contributed by atoms with Gasteiger partial charge in [0, 0.05) is 18.7 Å². The molecule has 0 bridgehead atoms. The molecule has 6 nitrogen and oxygen atoms in total. The monoisotopic (exact) mass is 382 g/mol. The molecule has 148 valence electrons. The fourth-order valence-corrected chi connectivity index (χ4v) is 4.69. The number of anilines is 1. The van der Waals surface area contributed by atoms with Gasteiger partial charge in [0.05, 0.1) is 29.3 Å². The van der Waals surface area contributed by atoms with E-state index in [1.165, 1.54) is 0 Å². The van der Waals surface area contributed by atoms with Crippen molar-refractivity contribution in [3.05, 3.63) is 35.4 Å². The highest BCUT2D eigenvalue weighted by Gasteiger charge is 2.47. The van der Waals surface area contributed by atoms with E-state index in [2.05, 4.69) is 11.0 Å². The number of likely N-dealkylation sites (tertiary alicyclic amines) is 1. The highest BCUT2D eigenvalue weighted by molar-refractivity contribution is 6.53. The van der Waals surface area contributed by atoms with Crippen LogP contribution in [0.1, 0.15) is 49.5 Å². The molecule has 0 N–H and O–H groups in total. The van der Waals surface area contributed by atoms with Crippen molar-refractivity contribution in [3.8, 4) is 0 Å². The minimum atomic E-state index is -0.571. The Morgan fingerprint density at radius 3 is 2.75 bits per heavy atom. The van der Waals surface area contributed by atoms with Crippen molar-refractivity contribution in [1.29, 1.82) is 0 Å². The van der Waals surface area contributed by atoms with Crippen LogP contribution >= 0.6 is 0 Å². The summed E-state index contributed by atoms with van der Waals surface area (Å²) in [5.74, 6) is -1.09. The van der Waals surface area contributed by atoms with Gasteiger partial charge in [-0.1, -0.05) is 18.2 Å². The zero-order chi connectivity index (χ0) is 20.1. The van der Waals surface area contributed by atoms with E-state index in [4.69, 9.17) is 4.74 Å². The van der Waals surface area contributed by atoms with Crippen molar-refractivity contribution in [2.75, 3.05) is 31.1 Å². The second-order valence-electron chi connectivity index (χ2n) is 8.32. The van der Waals surface area contributed by atoms with Gasteiger partial charge < -0.3 is 4.74 Å². The number of carbonyl (C=O) groups is 3. The van der Waals surface area contributed by atoms with Crippen molar-refractivity contribution in [3.63, 3.8) is 0 Å². The molecule has 1 atom stereocenters. The van der Waals surface area contributed by atoms with E-state index in [-0.39, 0.29) is 11.9 Å². The number of ketones is 1. The Morgan fingerprint density at radius 1 is 1.25 bits per heavy atom. The zero-order valence-corrected chi connectivity index (χ0v) is 16.7. The van der Waals surface area contributed by atoms with E-state index < -0.39 is 17.2 Å². The average molecular weight is 382 g/mol. The highest BCUT2D eigenvalue weighted by Crippen LogP contribution is 2.45. The number of carbonyl (C=O) groups excluding carboxylic acids is 3. The standard InChI is InChI=1S/C22H26N2O4/c1-4-28-21(27)14-7-6-10-23(12-14)13-15-11-22(2,3)24-18-16(15)8-5-9-17(18)19(25)20(24)26/h5,8-9,11,14H,4,6-7,10,12-13H2,1-3H3. The first-order valence-corrected chi connectivity index (χ1v) is 9.96. The van der Waals surface area contributed by atoms with Crippen LogP contribution in [-0.2, 0) is 14.3 Å². The quantitative estimate of drug-likeness (QED) is 0.592. The maximum atomic E-state index is 12.6. The summed E-state index contributed by atoms with van der Waals surface area (Å²) in [6, 6.07) is 5.55. The van der Waals surface area contributed by atoms with Crippen molar-refractivity contribution in [2.45, 2.75) is 39.2 Å². The van der Waals surface area contributed by atoms with Gasteiger partial charge in [0.15, 0.2) is 0 Å². The Balaban J connectivity index is 1.63. The summed E-state index contributed by atoms with van der Waals surface area (Å²) in [7, 11) is 0. The summed E-state index contributed by atoms with van der Waals surface area (Å²) in [6.07, 6.45) is 3.90. The van der Waals surface area contributed by atoms with Gasteiger partial charge in [-0.25, -0.2) is 0 Å². The first kappa shape index (κ1) is 18.9. The summed E-state index contributed by atoms with van der Waals surface area (Å²) in [4.78, 5) is 41.1. The lowest BCUT2D eigenvalue weighted by molar-refractivity contribution is -0.149.